The molecular formula is C8H7O2PS. The molecule has 0 spiro atoms. The van der Waals surface area contributed by atoms with Crippen LogP contribution in [0.1, 0.15) is 5.56 Å². The van der Waals surface area contributed by atoms with E-state index in [4.69, 9.17) is 16.2 Å². The summed E-state index contributed by atoms with van der Waals surface area (Å²) in [5.74, 6) is 2.42. The molecule has 62 valence electrons. The highest BCUT2D eigenvalue weighted by molar-refractivity contribution is 8.12. The summed E-state index contributed by atoms with van der Waals surface area (Å²) >= 11 is 4.50. The molecule has 0 saturated carbocycles. The van der Waals surface area contributed by atoms with Gasteiger partial charge in [0.2, 0.25) is 6.49 Å². The maximum atomic E-state index is 9.08. The predicted molar refractivity (Wildman–Crippen MR) is 52.7 cm³/mol. The van der Waals surface area contributed by atoms with Gasteiger partial charge in [-0.2, -0.15) is 0 Å². The van der Waals surface area contributed by atoms with Crippen molar-refractivity contribution < 1.29 is 9.79 Å². The van der Waals surface area contributed by atoms with E-state index in [9.17, 15) is 0 Å². The van der Waals surface area contributed by atoms with Crippen molar-refractivity contribution in [2.24, 2.45) is 0 Å². The summed E-state index contributed by atoms with van der Waals surface area (Å²) in [4.78, 5) is 18.2. The third-order valence-electron chi connectivity index (χ3n) is 1.37. The van der Waals surface area contributed by atoms with E-state index < -0.39 is 6.49 Å². The van der Waals surface area contributed by atoms with Gasteiger partial charge >= 0.3 is 0 Å². The minimum atomic E-state index is -3.28. The highest BCUT2D eigenvalue weighted by atomic mass is 32.5. The monoisotopic (exact) mass is 198 g/mol. The van der Waals surface area contributed by atoms with E-state index in [0.717, 1.165) is 0 Å². The fraction of sp³-hybridized carbons (Fsp3) is 0. The first kappa shape index (κ1) is 9.44. The smallest absolute Gasteiger partial charge is 0.214 e. The van der Waals surface area contributed by atoms with Gasteiger partial charge in [-0.25, -0.2) is 0 Å². The predicted octanol–water partition coefficient (Wildman–Crippen LogP) is 0.587. The molecule has 1 aromatic rings. The zero-order valence-corrected chi connectivity index (χ0v) is 7.85. The number of rotatable bonds is 1. The molecule has 0 unspecified atom stereocenters. The maximum Gasteiger partial charge on any atom is 0.214 e. The minimum Gasteiger partial charge on any atom is -0.342 e. The van der Waals surface area contributed by atoms with E-state index in [2.05, 4.69) is 17.7 Å². The third-order valence-corrected chi connectivity index (χ3v) is 2.97. The van der Waals surface area contributed by atoms with Crippen molar-refractivity contribution in [3.05, 3.63) is 29.8 Å². The molecule has 0 amide bonds. The first-order chi connectivity index (χ1) is 5.54. The maximum absolute atomic E-state index is 9.08. The normalized spacial score (nSPS) is 10.8. The molecule has 0 atom stereocenters. The molecule has 0 aliphatic carbocycles. The van der Waals surface area contributed by atoms with Crippen LogP contribution in [0.4, 0.5) is 0 Å². The summed E-state index contributed by atoms with van der Waals surface area (Å²) in [6.45, 7) is -3.28. The van der Waals surface area contributed by atoms with E-state index in [1.54, 1.807) is 12.1 Å². The lowest BCUT2D eigenvalue weighted by Gasteiger charge is -2.06. The van der Waals surface area contributed by atoms with Gasteiger partial charge in [0, 0.05) is 10.9 Å². The van der Waals surface area contributed by atoms with Gasteiger partial charge in [0.05, 0.1) is 0 Å². The molecule has 0 saturated heterocycles. The zero-order chi connectivity index (χ0) is 9.19. The Kier molecular flexibility index (Phi) is 2.66. The first-order valence-corrected chi connectivity index (χ1v) is 5.87. The van der Waals surface area contributed by atoms with Crippen LogP contribution < -0.4 is 5.30 Å². The van der Waals surface area contributed by atoms with E-state index >= 15 is 0 Å². The Morgan fingerprint density at radius 3 is 2.08 bits per heavy atom. The third kappa shape index (κ3) is 2.17. The van der Waals surface area contributed by atoms with Gasteiger partial charge < -0.3 is 9.79 Å². The second-order valence-electron chi connectivity index (χ2n) is 2.24. The zero-order valence-electron chi connectivity index (χ0n) is 6.14. The summed E-state index contributed by atoms with van der Waals surface area (Å²) in [5, 5.41) is 0.358. The molecule has 0 bridgehead atoms. The van der Waals surface area contributed by atoms with Gasteiger partial charge in [-0.05, 0) is 36.1 Å². The van der Waals surface area contributed by atoms with Crippen molar-refractivity contribution in [1.29, 1.82) is 0 Å². The van der Waals surface area contributed by atoms with Crippen LogP contribution in [0.2, 0.25) is 0 Å². The van der Waals surface area contributed by atoms with Crippen LogP contribution in [0.15, 0.2) is 24.3 Å². The molecule has 0 aliphatic heterocycles. The average molecular weight is 198 g/mol. The Morgan fingerprint density at radius 2 is 1.75 bits per heavy atom. The fourth-order valence-corrected chi connectivity index (χ4v) is 1.65. The van der Waals surface area contributed by atoms with Gasteiger partial charge in [0.25, 0.3) is 0 Å². The molecule has 0 aliphatic rings. The largest absolute Gasteiger partial charge is 0.342 e. The van der Waals surface area contributed by atoms with Crippen LogP contribution in [-0.2, 0) is 11.8 Å². The summed E-state index contributed by atoms with van der Waals surface area (Å²) in [5.41, 5.74) is 0.696. The van der Waals surface area contributed by atoms with Crippen molar-refractivity contribution in [2.45, 2.75) is 0 Å². The van der Waals surface area contributed by atoms with Gasteiger partial charge in [-0.15, -0.1) is 6.42 Å². The van der Waals surface area contributed by atoms with Crippen molar-refractivity contribution >= 4 is 23.6 Å². The molecule has 1 rings (SSSR count). The Bertz CT molecular complexity index is 358. The van der Waals surface area contributed by atoms with E-state index in [1.807, 2.05) is 0 Å². The standard InChI is InChI=1S/C8H7O2PS/c1-2-7-3-5-8(6-4-7)11(9,10)12/h1,3-6H,(H2,9,10,12). The fourth-order valence-electron chi connectivity index (χ4n) is 0.752. The minimum absolute atomic E-state index is 0.358. The van der Waals surface area contributed by atoms with Crippen LogP contribution in [-0.4, -0.2) is 9.79 Å². The second kappa shape index (κ2) is 3.38. The van der Waals surface area contributed by atoms with Crippen molar-refractivity contribution in [2.75, 3.05) is 0 Å². The quantitative estimate of drug-likeness (QED) is 0.512. The SMILES string of the molecule is C#Cc1ccc(P(O)(O)=S)cc1. The molecule has 0 heterocycles. The highest BCUT2D eigenvalue weighted by Gasteiger charge is 2.09. The Balaban J connectivity index is 3.11. The number of benzene rings is 1. The molecule has 2 N–H and O–H groups in total. The van der Waals surface area contributed by atoms with Crippen LogP contribution in [0.3, 0.4) is 0 Å². The topological polar surface area (TPSA) is 40.5 Å². The summed E-state index contributed by atoms with van der Waals surface area (Å²) in [7, 11) is 0. The molecule has 0 radical (unpaired) electrons. The lowest BCUT2D eigenvalue weighted by molar-refractivity contribution is 0.493. The Hall–Kier alpha value is -0.650. The van der Waals surface area contributed by atoms with Gasteiger partial charge in [0.1, 0.15) is 0 Å². The van der Waals surface area contributed by atoms with E-state index in [-0.39, 0.29) is 0 Å². The molecule has 1 aromatic carbocycles. The second-order valence-corrected chi connectivity index (χ2v) is 5.37. The first-order valence-electron chi connectivity index (χ1n) is 3.17. The van der Waals surface area contributed by atoms with E-state index in [1.165, 1.54) is 12.1 Å². The molecule has 12 heavy (non-hydrogen) atoms. The Morgan fingerprint density at radius 1 is 1.25 bits per heavy atom. The van der Waals surface area contributed by atoms with Gasteiger partial charge in [0.15, 0.2) is 0 Å². The van der Waals surface area contributed by atoms with Crippen LogP contribution >= 0.6 is 6.49 Å². The summed E-state index contributed by atoms with van der Waals surface area (Å²) in [6.07, 6.45) is 5.12. The Labute approximate surface area is 76.0 Å². The van der Waals surface area contributed by atoms with Crippen LogP contribution in [0.25, 0.3) is 0 Å². The summed E-state index contributed by atoms with van der Waals surface area (Å²) < 4.78 is 0. The van der Waals surface area contributed by atoms with Crippen molar-refractivity contribution in [1.82, 2.24) is 0 Å². The van der Waals surface area contributed by atoms with Crippen LogP contribution in [0.5, 0.6) is 0 Å². The van der Waals surface area contributed by atoms with Gasteiger partial charge in [-0.1, -0.05) is 5.92 Å². The van der Waals surface area contributed by atoms with Crippen molar-refractivity contribution in [3.63, 3.8) is 0 Å². The summed E-state index contributed by atoms with van der Waals surface area (Å²) in [6, 6.07) is 6.33. The lowest BCUT2D eigenvalue weighted by atomic mass is 10.2. The van der Waals surface area contributed by atoms with E-state index in [0.29, 0.717) is 10.9 Å². The molecule has 0 aromatic heterocycles. The van der Waals surface area contributed by atoms with Crippen LogP contribution in [0, 0.1) is 12.3 Å². The number of terminal acetylenes is 1. The average Bonchev–Trinajstić information content (AvgIpc) is 2.03. The lowest BCUT2D eigenvalue weighted by Crippen LogP contribution is -2.02. The molecule has 2 nitrogen and oxygen atoms in total. The van der Waals surface area contributed by atoms with Gasteiger partial charge in [-0.3, -0.25) is 0 Å². The molecule has 4 heteroatoms. The van der Waals surface area contributed by atoms with Crippen molar-refractivity contribution in [3.8, 4) is 12.3 Å². The molecule has 0 fully saturated rings. The number of hydrogen-bond donors (Lipinski definition) is 2. The molecular weight excluding hydrogens is 191 g/mol. The highest BCUT2D eigenvalue weighted by Crippen LogP contribution is 2.33. The number of hydrogen-bond acceptors (Lipinski definition) is 1.